The van der Waals surface area contributed by atoms with E-state index < -0.39 is 0 Å². The van der Waals surface area contributed by atoms with Crippen LogP contribution in [0.1, 0.15) is 43.6 Å². The molecule has 2 N–H and O–H groups in total. The molecule has 2 rings (SSSR count). The zero-order valence-electron chi connectivity index (χ0n) is 17.2. The van der Waals surface area contributed by atoms with Crippen LogP contribution in [0.4, 0.5) is 0 Å². The van der Waals surface area contributed by atoms with Crippen molar-refractivity contribution in [2.75, 3.05) is 40.0 Å². The van der Waals surface area contributed by atoms with Gasteiger partial charge in [-0.2, -0.15) is 5.10 Å². The maximum atomic E-state index is 5.73. The van der Waals surface area contributed by atoms with Crippen LogP contribution < -0.4 is 10.6 Å². The smallest absolute Gasteiger partial charge is 0.191 e. The quantitative estimate of drug-likeness (QED) is 0.227. The van der Waals surface area contributed by atoms with Crippen molar-refractivity contribution in [2.45, 2.75) is 46.1 Å². The maximum Gasteiger partial charge on any atom is 0.191 e. The molecule has 1 atom stereocenters. The van der Waals surface area contributed by atoms with E-state index in [1.54, 1.807) is 7.05 Å². The molecule has 0 saturated carbocycles. The second-order valence-electron chi connectivity index (χ2n) is 6.71. The van der Waals surface area contributed by atoms with E-state index in [0.29, 0.717) is 5.92 Å². The van der Waals surface area contributed by atoms with E-state index in [0.717, 1.165) is 76.9 Å². The molecule has 156 valence electrons. The van der Waals surface area contributed by atoms with Crippen LogP contribution in [0.2, 0.25) is 0 Å². The molecule has 1 aromatic heterocycles. The average molecular weight is 493 g/mol. The average Bonchev–Trinajstić information content (AvgIpc) is 3.27. The van der Waals surface area contributed by atoms with Crippen molar-refractivity contribution in [3.05, 3.63) is 17.0 Å². The van der Waals surface area contributed by atoms with Gasteiger partial charge in [0.2, 0.25) is 0 Å². The molecule has 0 aliphatic carbocycles. The van der Waals surface area contributed by atoms with Crippen LogP contribution in [0, 0.1) is 5.92 Å². The lowest BCUT2D eigenvalue weighted by molar-refractivity contribution is 0.0888. The summed E-state index contributed by atoms with van der Waals surface area (Å²) in [5.74, 6) is 1.40. The van der Waals surface area contributed by atoms with E-state index in [9.17, 15) is 0 Å². The Kier molecular flexibility index (Phi) is 11.9. The highest BCUT2D eigenvalue weighted by Gasteiger charge is 2.15. The first kappa shape index (κ1) is 24.2. The molecule has 0 amide bonds. The first-order valence-electron chi connectivity index (χ1n) is 9.83. The standard InChI is InChI=1S/C19H35N5O2.HI/c1-5-17-16(18(6-2)24(4)23-17)12-22-19(20-3)21-9-7-10-25-13-15-8-11-26-14-15;/h15H,5-14H2,1-4H3,(H2,20,21,22);1H. The second-order valence-corrected chi connectivity index (χ2v) is 6.71. The van der Waals surface area contributed by atoms with Crippen molar-refractivity contribution in [2.24, 2.45) is 18.0 Å². The van der Waals surface area contributed by atoms with Gasteiger partial charge in [0.25, 0.3) is 0 Å². The lowest BCUT2D eigenvalue weighted by atomic mass is 10.1. The zero-order valence-corrected chi connectivity index (χ0v) is 19.5. The molecule has 0 aromatic carbocycles. The summed E-state index contributed by atoms with van der Waals surface area (Å²) in [5, 5.41) is 11.4. The molecule has 1 saturated heterocycles. The lowest BCUT2D eigenvalue weighted by Crippen LogP contribution is -2.37. The molecule has 1 aliphatic rings. The van der Waals surface area contributed by atoms with Crippen molar-refractivity contribution >= 4 is 29.9 Å². The van der Waals surface area contributed by atoms with Gasteiger partial charge >= 0.3 is 0 Å². The summed E-state index contributed by atoms with van der Waals surface area (Å²) in [7, 11) is 3.82. The van der Waals surface area contributed by atoms with Gasteiger partial charge in [-0.25, -0.2) is 0 Å². The fourth-order valence-electron chi connectivity index (χ4n) is 3.33. The van der Waals surface area contributed by atoms with Crippen molar-refractivity contribution in [3.63, 3.8) is 0 Å². The van der Waals surface area contributed by atoms with E-state index in [1.807, 2.05) is 11.7 Å². The predicted molar refractivity (Wildman–Crippen MR) is 120 cm³/mol. The summed E-state index contributed by atoms with van der Waals surface area (Å²) in [6.45, 7) is 9.22. The molecule has 0 spiro atoms. The Morgan fingerprint density at radius 1 is 1.33 bits per heavy atom. The van der Waals surface area contributed by atoms with Crippen LogP contribution in [-0.2, 0) is 35.9 Å². The zero-order chi connectivity index (χ0) is 18.8. The number of hydrogen-bond donors (Lipinski definition) is 2. The van der Waals surface area contributed by atoms with Gasteiger partial charge in [0.05, 0.1) is 18.9 Å². The minimum Gasteiger partial charge on any atom is -0.381 e. The van der Waals surface area contributed by atoms with E-state index in [4.69, 9.17) is 9.47 Å². The molecule has 8 heteroatoms. The lowest BCUT2D eigenvalue weighted by Gasteiger charge is -2.13. The minimum atomic E-state index is 0. The van der Waals surface area contributed by atoms with Gasteiger partial charge in [0.15, 0.2) is 5.96 Å². The number of rotatable bonds is 10. The number of aliphatic imine (C=N–C) groups is 1. The number of ether oxygens (including phenoxy) is 2. The molecular formula is C19H36IN5O2. The van der Waals surface area contributed by atoms with Crippen molar-refractivity contribution in [1.82, 2.24) is 20.4 Å². The third-order valence-corrected chi connectivity index (χ3v) is 4.82. The van der Waals surface area contributed by atoms with Gasteiger partial charge in [-0.15, -0.1) is 24.0 Å². The summed E-state index contributed by atoms with van der Waals surface area (Å²) < 4.78 is 13.1. The highest BCUT2D eigenvalue weighted by molar-refractivity contribution is 14.0. The molecule has 7 nitrogen and oxygen atoms in total. The molecule has 2 heterocycles. The minimum absolute atomic E-state index is 0. The Morgan fingerprint density at radius 2 is 2.15 bits per heavy atom. The first-order chi connectivity index (χ1) is 12.7. The van der Waals surface area contributed by atoms with E-state index >= 15 is 0 Å². The molecular weight excluding hydrogens is 457 g/mol. The summed E-state index contributed by atoms with van der Waals surface area (Å²) in [5.41, 5.74) is 3.74. The molecule has 27 heavy (non-hydrogen) atoms. The highest BCUT2D eigenvalue weighted by atomic mass is 127. The summed E-state index contributed by atoms with van der Waals surface area (Å²) in [6, 6.07) is 0. The van der Waals surface area contributed by atoms with Crippen LogP contribution in [0.5, 0.6) is 0 Å². The Morgan fingerprint density at radius 3 is 2.78 bits per heavy atom. The monoisotopic (exact) mass is 493 g/mol. The van der Waals surface area contributed by atoms with Gasteiger partial charge in [-0.05, 0) is 25.7 Å². The Bertz CT molecular complexity index is 571. The van der Waals surface area contributed by atoms with Gasteiger partial charge < -0.3 is 20.1 Å². The largest absolute Gasteiger partial charge is 0.381 e. The number of aromatic nitrogens is 2. The third-order valence-electron chi connectivity index (χ3n) is 4.82. The second kappa shape index (κ2) is 13.3. The van der Waals surface area contributed by atoms with Gasteiger partial charge in [-0.3, -0.25) is 9.67 Å². The fraction of sp³-hybridized carbons (Fsp3) is 0.789. The fourth-order valence-corrected chi connectivity index (χ4v) is 3.33. The summed E-state index contributed by atoms with van der Waals surface area (Å²) in [4.78, 5) is 4.31. The van der Waals surface area contributed by atoms with Gasteiger partial charge in [0.1, 0.15) is 0 Å². The van der Waals surface area contributed by atoms with E-state index in [-0.39, 0.29) is 24.0 Å². The van der Waals surface area contributed by atoms with Crippen LogP contribution in [0.3, 0.4) is 0 Å². The summed E-state index contributed by atoms with van der Waals surface area (Å²) in [6.07, 6.45) is 4.01. The van der Waals surface area contributed by atoms with Crippen molar-refractivity contribution in [3.8, 4) is 0 Å². The number of aryl methyl sites for hydroxylation is 2. The van der Waals surface area contributed by atoms with E-state index in [1.165, 1.54) is 11.3 Å². The van der Waals surface area contributed by atoms with Crippen LogP contribution >= 0.6 is 24.0 Å². The normalized spacial score (nSPS) is 17.0. The molecule has 1 aliphatic heterocycles. The summed E-state index contributed by atoms with van der Waals surface area (Å²) >= 11 is 0. The third kappa shape index (κ3) is 7.57. The molecule has 1 unspecified atom stereocenters. The molecule has 1 fully saturated rings. The predicted octanol–water partition coefficient (Wildman–Crippen LogP) is 2.27. The Hall–Kier alpha value is -0.870. The first-order valence-corrected chi connectivity index (χ1v) is 9.83. The maximum absolute atomic E-state index is 5.73. The molecule has 0 bridgehead atoms. The highest BCUT2D eigenvalue weighted by Crippen LogP contribution is 2.15. The number of nitrogens with zero attached hydrogens (tertiary/aromatic N) is 3. The van der Waals surface area contributed by atoms with Crippen molar-refractivity contribution in [1.29, 1.82) is 0 Å². The Balaban J connectivity index is 0.00000364. The number of nitrogens with one attached hydrogen (secondary N) is 2. The van der Waals surface area contributed by atoms with Gasteiger partial charge in [0, 0.05) is 57.6 Å². The molecule has 1 aromatic rings. The molecule has 0 radical (unpaired) electrons. The van der Waals surface area contributed by atoms with E-state index in [2.05, 4.69) is 34.6 Å². The van der Waals surface area contributed by atoms with Crippen LogP contribution in [0.25, 0.3) is 0 Å². The van der Waals surface area contributed by atoms with Crippen LogP contribution in [-0.4, -0.2) is 55.8 Å². The van der Waals surface area contributed by atoms with Crippen molar-refractivity contribution < 1.29 is 9.47 Å². The number of halogens is 1. The topological polar surface area (TPSA) is 72.7 Å². The van der Waals surface area contributed by atoms with Crippen LogP contribution in [0.15, 0.2) is 4.99 Å². The van der Waals surface area contributed by atoms with Gasteiger partial charge in [-0.1, -0.05) is 13.8 Å². The SMILES string of the molecule is CCc1nn(C)c(CC)c1CNC(=NC)NCCCOCC1CCOC1.I. The number of hydrogen-bond acceptors (Lipinski definition) is 4. The Labute approximate surface area is 180 Å². The number of guanidine groups is 1.